The van der Waals surface area contributed by atoms with Gasteiger partial charge in [-0.15, -0.1) is 0 Å². The largest absolute Gasteiger partial charge is 0.394 e. The summed E-state index contributed by atoms with van der Waals surface area (Å²) in [4.78, 5) is 64.1. The summed E-state index contributed by atoms with van der Waals surface area (Å²) < 4.78 is 29.1. The molecule has 18 heteroatoms. The number of aromatic nitrogens is 2. The van der Waals surface area contributed by atoms with Crippen LogP contribution >= 0.6 is 15.2 Å². The molecule has 3 atom stereocenters. The summed E-state index contributed by atoms with van der Waals surface area (Å²) >= 11 is 0. The third-order valence-electron chi connectivity index (χ3n) is 6.30. The number of aryl methyl sites for hydroxylation is 1. The molecule has 2 aromatic carbocycles. The molecular formula is C24H30N6O10P2. The van der Waals surface area contributed by atoms with E-state index in [9.17, 15) is 18.7 Å². The second-order valence-corrected chi connectivity index (χ2v) is 13.3. The van der Waals surface area contributed by atoms with Gasteiger partial charge in [0.1, 0.15) is 6.23 Å². The number of benzene rings is 2. The molecule has 1 aliphatic rings. The number of azide groups is 1. The summed E-state index contributed by atoms with van der Waals surface area (Å²) in [6, 6.07) is 16.0. The van der Waals surface area contributed by atoms with Gasteiger partial charge in [-0.05, 0) is 35.7 Å². The van der Waals surface area contributed by atoms with Crippen LogP contribution in [-0.2, 0) is 13.9 Å². The minimum atomic E-state index is -4.92. The molecule has 2 heterocycles. The minimum Gasteiger partial charge on any atom is -0.394 e. The fourth-order valence-electron chi connectivity index (χ4n) is 4.09. The van der Waals surface area contributed by atoms with Crippen molar-refractivity contribution < 1.29 is 38.5 Å². The van der Waals surface area contributed by atoms with E-state index in [1.807, 2.05) is 42.5 Å². The molecule has 1 saturated heterocycles. The van der Waals surface area contributed by atoms with Crippen LogP contribution < -0.4 is 16.6 Å². The lowest BCUT2D eigenvalue weighted by Crippen LogP contribution is -2.33. The van der Waals surface area contributed by atoms with Crippen LogP contribution in [0.3, 0.4) is 0 Å². The highest BCUT2D eigenvalue weighted by molar-refractivity contribution is 7.70. The first kappa shape index (κ1) is 33.0. The lowest BCUT2D eigenvalue weighted by Gasteiger charge is -2.20. The topological polar surface area (TPSA) is 260 Å². The maximum absolute atomic E-state index is 11.7. The number of ether oxygens (including phenoxy) is 1. The number of rotatable bonds is 9. The number of aromatic amines is 1. The molecule has 3 aromatic rings. The summed E-state index contributed by atoms with van der Waals surface area (Å²) in [5.41, 5.74) is 10.2. The molecule has 1 aliphatic heterocycles. The van der Waals surface area contributed by atoms with E-state index < -0.39 is 56.8 Å². The van der Waals surface area contributed by atoms with Gasteiger partial charge in [0.05, 0.1) is 18.8 Å². The Hall–Kier alpha value is -3.55. The second kappa shape index (κ2) is 14.1. The van der Waals surface area contributed by atoms with Crippen molar-refractivity contribution in [1.82, 2.24) is 9.55 Å². The molecule has 0 radical (unpaired) electrons. The molecule has 1 aromatic heterocycles. The van der Waals surface area contributed by atoms with E-state index >= 15 is 0 Å². The van der Waals surface area contributed by atoms with Gasteiger partial charge in [-0.3, -0.25) is 23.5 Å². The van der Waals surface area contributed by atoms with E-state index in [1.165, 1.54) is 10.8 Å². The highest BCUT2D eigenvalue weighted by Gasteiger charge is 2.43. The fraction of sp³-hybridized carbons (Fsp3) is 0.333. The highest BCUT2D eigenvalue weighted by Crippen LogP contribution is 2.59. The van der Waals surface area contributed by atoms with Gasteiger partial charge in [-0.25, -0.2) is 4.79 Å². The Morgan fingerprint density at radius 2 is 1.67 bits per heavy atom. The zero-order valence-corrected chi connectivity index (χ0v) is 24.0. The van der Waals surface area contributed by atoms with Gasteiger partial charge < -0.3 is 34.7 Å². The Kier molecular flexibility index (Phi) is 11.0. The summed E-state index contributed by atoms with van der Waals surface area (Å²) in [5.74, 6) is 0. The molecule has 4 rings (SSSR count). The minimum absolute atomic E-state index is 0.265. The number of anilines is 1. The second-order valence-electron chi connectivity index (χ2n) is 9.28. The molecule has 0 unspecified atom stereocenters. The summed E-state index contributed by atoms with van der Waals surface area (Å²) in [5, 5.41) is 13.3. The number of aliphatic hydroxyl groups is 1. The highest BCUT2D eigenvalue weighted by atomic mass is 31.2. The number of nitrogens with zero attached hydrogens (tertiary/aromatic N) is 4. The van der Waals surface area contributed by atoms with Crippen LogP contribution in [0.5, 0.6) is 0 Å². The molecule has 0 spiro atoms. The number of nitrogens with one attached hydrogen (secondary N) is 2. The van der Waals surface area contributed by atoms with Gasteiger partial charge in [-0.2, -0.15) is 0 Å². The summed E-state index contributed by atoms with van der Waals surface area (Å²) in [6.07, 6.45) is 0.329. The van der Waals surface area contributed by atoms with Crippen LogP contribution in [0.1, 0.15) is 18.2 Å². The van der Waals surface area contributed by atoms with Crippen molar-refractivity contribution in [3.63, 3.8) is 0 Å². The van der Waals surface area contributed by atoms with E-state index in [4.69, 9.17) is 34.9 Å². The van der Waals surface area contributed by atoms with Crippen molar-refractivity contribution in [2.24, 2.45) is 5.11 Å². The van der Waals surface area contributed by atoms with E-state index in [1.54, 1.807) is 19.1 Å². The van der Waals surface area contributed by atoms with E-state index in [-0.39, 0.29) is 13.0 Å². The molecule has 0 bridgehead atoms. The molecule has 0 saturated carbocycles. The maximum Gasteiger partial charge on any atom is 0.342 e. The normalized spacial score (nSPS) is 18.6. The summed E-state index contributed by atoms with van der Waals surface area (Å²) in [7, 11) is -9.83. The average molecular weight is 624 g/mol. The molecule has 0 amide bonds. The van der Waals surface area contributed by atoms with Gasteiger partial charge >= 0.3 is 20.9 Å². The lowest BCUT2D eigenvalue weighted by atomic mass is 10.1. The first-order valence-electron chi connectivity index (χ1n) is 12.4. The maximum atomic E-state index is 11.7. The van der Waals surface area contributed by atoms with Crippen molar-refractivity contribution in [3.05, 3.63) is 97.6 Å². The van der Waals surface area contributed by atoms with Crippen molar-refractivity contribution in [1.29, 1.82) is 0 Å². The van der Waals surface area contributed by atoms with Crippen molar-refractivity contribution in [3.8, 4) is 11.1 Å². The number of aliphatic hydroxyl groups excluding tert-OH is 1. The molecule has 1 fully saturated rings. The Balaban J connectivity index is 0.000000235. The van der Waals surface area contributed by atoms with Crippen molar-refractivity contribution >= 4 is 20.9 Å². The Bertz CT molecular complexity index is 1590. The number of H-pyrrole nitrogens is 1. The monoisotopic (exact) mass is 624 g/mol. The van der Waals surface area contributed by atoms with Crippen LogP contribution in [0.25, 0.3) is 21.6 Å². The van der Waals surface area contributed by atoms with E-state index in [2.05, 4.69) is 20.3 Å². The molecule has 16 nitrogen and oxygen atoms in total. The quantitative estimate of drug-likeness (QED) is 0.0786. The molecule has 42 heavy (non-hydrogen) atoms. The molecule has 226 valence electrons. The van der Waals surface area contributed by atoms with Crippen LogP contribution in [0.2, 0.25) is 0 Å². The van der Waals surface area contributed by atoms with Gasteiger partial charge in [0.25, 0.3) is 5.56 Å². The predicted molar refractivity (Wildman–Crippen MR) is 153 cm³/mol. The number of hydrogen-bond acceptors (Lipinski definition) is 8. The van der Waals surface area contributed by atoms with Gasteiger partial charge in [0.2, 0.25) is 0 Å². The fourth-order valence-corrected chi connectivity index (χ4v) is 6.32. The van der Waals surface area contributed by atoms with Crippen LogP contribution in [0, 0.1) is 6.92 Å². The van der Waals surface area contributed by atoms with Crippen LogP contribution in [0.4, 0.5) is 5.69 Å². The van der Waals surface area contributed by atoms with E-state index in [0.717, 1.165) is 11.1 Å². The van der Waals surface area contributed by atoms with Gasteiger partial charge in [0.15, 0.2) is 5.40 Å². The van der Waals surface area contributed by atoms with Crippen molar-refractivity contribution in [2.75, 3.05) is 18.5 Å². The Labute approximate surface area is 238 Å². The third kappa shape index (κ3) is 8.73. The Morgan fingerprint density at radius 3 is 2.21 bits per heavy atom. The SMILES string of the molecule is Cc1cn([C@H]2C[C@H](N=[N+]=[N-])[C@@H](CO)O2)c(=O)[nH]c1=O.O=P(O)(O)C(CNc1ccc(-c2ccccc2)cc1)P(=O)(O)O. The molecular weight excluding hydrogens is 594 g/mol. The number of hydrogen-bond donors (Lipinski definition) is 7. The first-order valence-corrected chi connectivity index (χ1v) is 15.7. The zero-order chi connectivity index (χ0) is 31.1. The smallest absolute Gasteiger partial charge is 0.342 e. The average Bonchev–Trinajstić information content (AvgIpc) is 3.33. The lowest BCUT2D eigenvalue weighted by molar-refractivity contribution is -0.0271. The Morgan fingerprint density at radius 1 is 1.07 bits per heavy atom. The predicted octanol–water partition coefficient (Wildman–Crippen LogP) is 2.25. The van der Waals surface area contributed by atoms with Crippen LogP contribution in [0.15, 0.2) is 75.5 Å². The van der Waals surface area contributed by atoms with Gasteiger partial charge in [-0.1, -0.05) is 47.6 Å². The van der Waals surface area contributed by atoms with Crippen LogP contribution in [-0.4, -0.2) is 64.9 Å². The zero-order valence-electron chi connectivity index (χ0n) is 22.2. The molecule has 0 aliphatic carbocycles. The molecule has 7 N–H and O–H groups in total. The summed E-state index contributed by atoms with van der Waals surface area (Å²) in [6.45, 7) is 0.731. The standard InChI is InChI=1S/C14H17NO6P2.C10H13N5O4/c16-22(17,18)14(23(19,20)21)10-15-13-8-6-12(7-9-13)11-4-2-1-3-5-11;1-5-3-15(10(18)12-9(5)17)8-2-6(13-14-11)7(4-16)19-8/h1-9,14-15H,10H2,(H2,16,17,18)(H2,19,20,21);3,6-8,16H,2,4H2,1H3,(H,12,17,18)/t;6-,7+,8+/m.0/s1. The van der Waals surface area contributed by atoms with Gasteiger partial charge in [0, 0.05) is 35.3 Å². The van der Waals surface area contributed by atoms with Crippen molar-refractivity contribution in [2.45, 2.75) is 37.1 Å². The van der Waals surface area contributed by atoms with E-state index in [0.29, 0.717) is 11.3 Å². The first-order chi connectivity index (χ1) is 19.7. The third-order valence-corrected chi connectivity index (χ3v) is 10.0.